The van der Waals surface area contributed by atoms with Crippen LogP contribution in [0.15, 0.2) is 58.5 Å². The van der Waals surface area contributed by atoms with Crippen molar-refractivity contribution in [1.29, 1.82) is 0 Å². The SMILES string of the molecule is CCCN(CC(=O)N1CCc2sccc2C1COc1ccc(C)cc1)C(=O)c1ccco1. The standard InChI is InChI=1S/C25H28N2O4S/c1-3-12-26(25(29)22-5-4-14-30-22)16-24(28)27-13-10-23-20(11-15-32-23)21(27)17-31-19-8-6-18(2)7-9-19/h4-9,11,14-15,21H,3,10,12-13,16-17H2,1-2H3. The number of carbonyl (C=O) groups excluding carboxylic acids is 2. The summed E-state index contributed by atoms with van der Waals surface area (Å²) in [5.74, 6) is 0.703. The zero-order chi connectivity index (χ0) is 22.5. The Morgan fingerprint density at radius 1 is 1.22 bits per heavy atom. The van der Waals surface area contributed by atoms with E-state index in [1.165, 1.54) is 16.7 Å². The van der Waals surface area contributed by atoms with Gasteiger partial charge < -0.3 is 19.0 Å². The van der Waals surface area contributed by atoms with Crippen molar-refractivity contribution in [3.05, 3.63) is 75.9 Å². The number of nitrogens with zero attached hydrogens (tertiary/aromatic N) is 2. The van der Waals surface area contributed by atoms with Crippen molar-refractivity contribution in [1.82, 2.24) is 9.80 Å². The molecule has 1 aromatic carbocycles. The number of aryl methyl sites for hydroxylation is 1. The number of hydrogen-bond donors (Lipinski definition) is 0. The minimum absolute atomic E-state index is 0.0217. The first kappa shape index (κ1) is 22.1. The molecule has 3 heterocycles. The van der Waals surface area contributed by atoms with Crippen molar-refractivity contribution in [2.75, 3.05) is 26.2 Å². The van der Waals surface area contributed by atoms with E-state index in [4.69, 9.17) is 9.15 Å². The van der Waals surface area contributed by atoms with Gasteiger partial charge in [0.15, 0.2) is 5.76 Å². The van der Waals surface area contributed by atoms with Crippen molar-refractivity contribution >= 4 is 23.2 Å². The number of amides is 2. The summed E-state index contributed by atoms with van der Waals surface area (Å²) in [6, 6.07) is 13.1. The zero-order valence-corrected chi connectivity index (χ0v) is 19.3. The Bertz CT molecular complexity index is 1040. The first-order valence-corrected chi connectivity index (χ1v) is 11.8. The highest BCUT2D eigenvalue weighted by Crippen LogP contribution is 2.34. The zero-order valence-electron chi connectivity index (χ0n) is 18.5. The van der Waals surface area contributed by atoms with Gasteiger partial charge in [0.25, 0.3) is 5.91 Å². The van der Waals surface area contributed by atoms with Gasteiger partial charge in [-0.3, -0.25) is 9.59 Å². The lowest BCUT2D eigenvalue weighted by Crippen LogP contribution is -2.48. The van der Waals surface area contributed by atoms with Gasteiger partial charge in [0.1, 0.15) is 18.9 Å². The van der Waals surface area contributed by atoms with Crippen molar-refractivity contribution < 1.29 is 18.7 Å². The van der Waals surface area contributed by atoms with Crippen LogP contribution in [0, 0.1) is 6.92 Å². The molecule has 0 N–H and O–H groups in total. The topological polar surface area (TPSA) is 63.0 Å². The Kier molecular flexibility index (Phi) is 6.95. The van der Waals surface area contributed by atoms with Crippen molar-refractivity contribution in [2.45, 2.75) is 32.7 Å². The van der Waals surface area contributed by atoms with Crippen LogP contribution in [0.1, 0.15) is 45.9 Å². The van der Waals surface area contributed by atoms with Crippen LogP contribution >= 0.6 is 11.3 Å². The van der Waals surface area contributed by atoms with Gasteiger partial charge in [-0.05, 0) is 61.0 Å². The summed E-state index contributed by atoms with van der Waals surface area (Å²) in [6.45, 7) is 5.53. The molecule has 1 unspecified atom stereocenters. The Morgan fingerprint density at radius 3 is 2.75 bits per heavy atom. The molecule has 168 valence electrons. The highest BCUT2D eigenvalue weighted by molar-refractivity contribution is 7.10. The minimum atomic E-state index is -0.258. The maximum absolute atomic E-state index is 13.4. The van der Waals surface area contributed by atoms with Gasteiger partial charge in [0, 0.05) is 18.0 Å². The van der Waals surface area contributed by atoms with E-state index in [-0.39, 0.29) is 30.2 Å². The summed E-state index contributed by atoms with van der Waals surface area (Å²) in [5.41, 5.74) is 2.31. The Hall–Kier alpha value is -3.06. The molecule has 1 aliphatic rings. The molecule has 7 heteroatoms. The highest BCUT2D eigenvalue weighted by Gasteiger charge is 2.33. The summed E-state index contributed by atoms with van der Waals surface area (Å²) < 4.78 is 11.3. The third-order valence-electron chi connectivity index (χ3n) is 5.68. The molecule has 0 spiro atoms. The predicted octanol–water partition coefficient (Wildman–Crippen LogP) is 4.71. The van der Waals surface area contributed by atoms with E-state index in [2.05, 4.69) is 11.4 Å². The number of furan rings is 1. The van der Waals surface area contributed by atoms with E-state index in [1.807, 2.05) is 43.0 Å². The van der Waals surface area contributed by atoms with Crippen LogP contribution in [-0.4, -0.2) is 47.9 Å². The average molecular weight is 453 g/mol. The molecule has 2 aromatic heterocycles. The van der Waals surface area contributed by atoms with Crippen molar-refractivity contribution in [3.63, 3.8) is 0 Å². The Balaban J connectivity index is 1.50. The number of rotatable bonds is 8. The summed E-state index contributed by atoms with van der Waals surface area (Å²) in [4.78, 5) is 31.0. The van der Waals surface area contributed by atoms with Gasteiger partial charge in [-0.15, -0.1) is 11.3 Å². The van der Waals surface area contributed by atoms with E-state index >= 15 is 0 Å². The fraction of sp³-hybridized carbons (Fsp3) is 0.360. The molecule has 0 saturated carbocycles. The van der Waals surface area contributed by atoms with Crippen LogP contribution < -0.4 is 4.74 Å². The lowest BCUT2D eigenvalue weighted by molar-refractivity contribution is -0.135. The Morgan fingerprint density at radius 2 is 2.03 bits per heavy atom. The lowest BCUT2D eigenvalue weighted by atomic mass is 10.0. The number of benzene rings is 1. The summed E-state index contributed by atoms with van der Waals surface area (Å²) in [6.07, 6.45) is 3.05. The molecule has 32 heavy (non-hydrogen) atoms. The second kappa shape index (κ2) is 10.0. The maximum Gasteiger partial charge on any atom is 0.290 e. The average Bonchev–Trinajstić information content (AvgIpc) is 3.50. The van der Waals surface area contributed by atoms with E-state index in [0.29, 0.717) is 19.7 Å². The minimum Gasteiger partial charge on any atom is -0.491 e. The largest absolute Gasteiger partial charge is 0.491 e. The Labute approximate surface area is 192 Å². The fourth-order valence-corrected chi connectivity index (χ4v) is 4.94. The predicted molar refractivity (Wildman–Crippen MR) is 124 cm³/mol. The normalized spacial score (nSPS) is 15.3. The quantitative estimate of drug-likeness (QED) is 0.497. The molecule has 0 bridgehead atoms. The molecule has 4 rings (SSSR count). The van der Waals surface area contributed by atoms with E-state index in [9.17, 15) is 9.59 Å². The van der Waals surface area contributed by atoms with Crippen LogP contribution in [0.5, 0.6) is 5.75 Å². The van der Waals surface area contributed by atoms with Gasteiger partial charge in [-0.2, -0.15) is 0 Å². The highest BCUT2D eigenvalue weighted by atomic mass is 32.1. The van der Waals surface area contributed by atoms with E-state index < -0.39 is 0 Å². The molecule has 6 nitrogen and oxygen atoms in total. The molecular formula is C25H28N2O4S. The third kappa shape index (κ3) is 4.88. The van der Waals surface area contributed by atoms with Gasteiger partial charge in [0.2, 0.25) is 5.91 Å². The van der Waals surface area contributed by atoms with E-state index in [1.54, 1.807) is 28.4 Å². The maximum atomic E-state index is 13.4. The number of hydrogen-bond acceptors (Lipinski definition) is 5. The molecule has 1 aliphatic heterocycles. The summed E-state index contributed by atoms with van der Waals surface area (Å²) in [7, 11) is 0. The van der Waals surface area contributed by atoms with Crippen LogP contribution in [0.4, 0.5) is 0 Å². The lowest BCUT2D eigenvalue weighted by Gasteiger charge is -2.37. The van der Waals surface area contributed by atoms with Gasteiger partial charge >= 0.3 is 0 Å². The number of carbonyl (C=O) groups is 2. The molecule has 0 saturated heterocycles. The molecule has 2 amide bonds. The molecule has 0 aliphatic carbocycles. The van der Waals surface area contributed by atoms with Crippen LogP contribution in [0.2, 0.25) is 0 Å². The molecule has 1 atom stereocenters. The van der Waals surface area contributed by atoms with Crippen LogP contribution in [0.25, 0.3) is 0 Å². The first-order chi connectivity index (χ1) is 15.6. The summed E-state index contributed by atoms with van der Waals surface area (Å²) in [5, 5.41) is 2.07. The number of ether oxygens (including phenoxy) is 1. The molecular weight excluding hydrogens is 424 g/mol. The summed E-state index contributed by atoms with van der Waals surface area (Å²) >= 11 is 1.72. The monoisotopic (exact) mass is 452 g/mol. The number of thiophene rings is 1. The first-order valence-electron chi connectivity index (χ1n) is 10.9. The van der Waals surface area contributed by atoms with Gasteiger partial charge in [-0.1, -0.05) is 24.6 Å². The van der Waals surface area contributed by atoms with Gasteiger partial charge in [-0.25, -0.2) is 0 Å². The fourth-order valence-electron chi connectivity index (χ4n) is 4.02. The van der Waals surface area contributed by atoms with Gasteiger partial charge in [0.05, 0.1) is 12.3 Å². The molecule has 0 fully saturated rings. The third-order valence-corrected chi connectivity index (χ3v) is 6.68. The van der Waals surface area contributed by atoms with E-state index in [0.717, 1.165) is 24.2 Å². The second-order valence-electron chi connectivity index (χ2n) is 7.98. The molecule has 0 radical (unpaired) electrons. The van der Waals surface area contributed by atoms with Crippen molar-refractivity contribution in [2.24, 2.45) is 0 Å². The smallest absolute Gasteiger partial charge is 0.290 e. The van der Waals surface area contributed by atoms with Crippen LogP contribution in [-0.2, 0) is 11.2 Å². The van der Waals surface area contributed by atoms with Crippen LogP contribution in [0.3, 0.4) is 0 Å². The number of fused-ring (bicyclic) bond motifs is 1. The molecule has 3 aromatic rings. The van der Waals surface area contributed by atoms with Crippen molar-refractivity contribution in [3.8, 4) is 5.75 Å². The second-order valence-corrected chi connectivity index (χ2v) is 8.98.